The van der Waals surface area contributed by atoms with Gasteiger partial charge in [-0.2, -0.15) is 0 Å². The molecule has 3 aromatic rings. The molecule has 148 valence electrons. The van der Waals surface area contributed by atoms with Crippen LogP contribution in [0.4, 0.5) is 0 Å². The predicted octanol–water partition coefficient (Wildman–Crippen LogP) is 4.33. The van der Waals surface area contributed by atoms with Gasteiger partial charge in [0.1, 0.15) is 5.75 Å². The van der Waals surface area contributed by atoms with Gasteiger partial charge in [-0.15, -0.1) is 0 Å². The summed E-state index contributed by atoms with van der Waals surface area (Å²) in [5.41, 5.74) is 1.66. The second-order valence-electron chi connectivity index (χ2n) is 6.37. The average molecular weight is 390 g/mol. The molecule has 0 aliphatic rings. The fraction of sp³-hybridized carbons (Fsp3) is 0.167. The van der Waals surface area contributed by atoms with E-state index in [-0.39, 0.29) is 6.61 Å². The lowest BCUT2D eigenvalue weighted by Crippen LogP contribution is -2.30. The van der Waals surface area contributed by atoms with E-state index in [4.69, 9.17) is 14.2 Å². The van der Waals surface area contributed by atoms with Crippen molar-refractivity contribution < 1.29 is 23.8 Å². The normalized spacial score (nSPS) is 11.5. The summed E-state index contributed by atoms with van der Waals surface area (Å²) < 4.78 is 16.2. The van der Waals surface area contributed by atoms with Crippen molar-refractivity contribution in [2.24, 2.45) is 0 Å². The first-order valence-electron chi connectivity index (χ1n) is 9.31. The number of benzene rings is 3. The molecule has 5 nitrogen and oxygen atoms in total. The van der Waals surface area contributed by atoms with Crippen LogP contribution in [0.15, 0.2) is 91.0 Å². The van der Waals surface area contributed by atoms with Crippen LogP contribution in [0, 0.1) is 0 Å². The molecular formula is C24H22O5. The van der Waals surface area contributed by atoms with Crippen molar-refractivity contribution in [1.82, 2.24) is 0 Å². The van der Waals surface area contributed by atoms with E-state index in [1.54, 1.807) is 24.3 Å². The Morgan fingerprint density at radius 2 is 1.21 bits per heavy atom. The molecule has 0 bridgehead atoms. The van der Waals surface area contributed by atoms with Crippen LogP contribution in [-0.2, 0) is 19.1 Å². The first-order valence-corrected chi connectivity index (χ1v) is 9.31. The molecule has 0 unspecified atom stereocenters. The Hall–Kier alpha value is -3.60. The molecule has 0 aliphatic carbocycles. The zero-order chi connectivity index (χ0) is 20.5. The van der Waals surface area contributed by atoms with E-state index in [1.807, 2.05) is 66.7 Å². The highest BCUT2D eigenvalue weighted by molar-refractivity contribution is 5.80. The molecule has 0 fully saturated rings. The van der Waals surface area contributed by atoms with Gasteiger partial charge < -0.3 is 14.2 Å². The number of hydrogen-bond donors (Lipinski definition) is 0. The largest absolute Gasteiger partial charge is 0.482 e. The summed E-state index contributed by atoms with van der Waals surface area (Å²) in [4.78, 5) is 24.6. The highest BCUT2D eigenvalue weighted by Crippen LogP contribution is 2.26. The molecule has 0 heterocycles. The molecule has 0 saturated heterocycles. The van der Waals surface area contributed by atoms with E-state index in [1.165, 1.54) is 6.92 Å². The lowest BCUT2D eigenvalue weighted by molar-refractivity contribution is -0.170. The summed E-state index contributed by atoms with van der Waals surface area (Å²) in [7, 11) is 0. The van der Waals surface area contributed by atoms with Gasteiger partial charge in [0.25, 0.3) is 0 Å². The van der Waals surface area contributed by atoms with Crippen molar-refractivity contribution >= 4 is 11.9 Å². The molecule has 3 aromatic carbocycles. The van der Waals surface area contributed by atoms with Crippen LogP contribution in [0.3, 0.4) is 0 Å². The number of rotatable bonds is 8. The third kappa shape index (κ3) is 5.94. The van der Waals surface area contributed by atoms with Crippen molar-refractivity contribution in [3.63, 3.8) is 0 Å². The second kappa shape index (κ2) is 10.1. The molecular weight excluding hydrogens is 368 g/mol. The zero-order valence-corrected chi connectivity index (χ0v) is 16.1. The Morgan fingerprint density at radius 3 is 1.72 bits per heavy atom. The van der Waals surface area contributed by atoms with Crippen LogP contribution in [0.5, 0.6) is 5.75 Å². The minimum Gasteiger partial charge on any atom is -0.482 e. The lowest BCUT2D eigenvalue weighted by atomic mass is 10.0. The summed E-state index contributed by atoms with van der Waals surface area (Å²) in [6, 6.07) is 27.7. The van der Waals surface area contributed by atoms with Gasteiger partial charge in [-0.05, 0) is 30.2 Å². The van der Waals surface area contributed by atoms with Gasteiger partial charge in [-0.25, -0.2) is 9.59 Å². The Morgan fingerprint density at radius 1 is 0.724 bits per heavy atom. The Balaban J connectivity index is 1.61. The Labute approximate surface area is 169 Å². The van der Waals surface area contributed by atoms with Crippen LogP contribution in [0.2, 0.25) is 0 Å². The van der Waals surface area contributed by atoms with Gasteiger partial charge in [-0.1, -0.05) is 78.9 Å². The van der Waals surface area contributed by atoms with Gasteiger partial charge in [0.15, 0.2) is 18.8 Å². The number of carbonyl (C=O) groups excluding carboxylic acids is 2. The maximum atomic E-state index is 12.6. The summed E-state index contributed by atoms with van der Waals surface area (Å²) >= 11 is 0. The fourth-order valence-electron chi connectivity index (χ4n) is 2.73. The average Bonchev–Trinajstić information content (AvgIpc) is 2.77. The van der Waals surface area contributed by atoms with Crippen molar-refractivity contribution in [2.45, 2.75) is 19.1 Å². The quantitative estimate of drug-likeness (QED) is 0.536. The van der Waals surface area contributed by atoms with E-state index < -0.39 is 24.1 Å². The molecule has 0 saturated carbocycles. The van der Waals surface area contributed by atoms with Crippen LogP contribution in [-0.4, -0.2) is 24.6 Å². The van der Waals surface area contributed by atoms with Gasteiger partial charge in [-0.3, -0.25) is 0 Å². The topological polar surface area (TPSA) is 61.8 Å². The van der Waals surface area contributed by atoms with Crippen LogP contribution in [0.1, 0.15) is 24.2 Å². The first-order chi connectivity index (χ1) is 14.1. The first kappa shape index (κ1) is 20.1. The molecule has 0 N–H and O–H groups in total. The van der Waals surface area contributed by atoms with Crippen LogP contribution >= 0.6 is 0 Å². The van der Waals surface area contributed by atoms with Crippen molar-refractivity contribution in [1.29, 1.82) is 0 Å². The van der Waals surface area contributed by atoms with E-state index >= 15 is 0 Å². The Kier molecular flexibility index (Phi) is 7.00. The smallest absolute Gasteiger partial charge is 0.348 e. The number of hydrogen-bond acceptors (Lipinski definition) is 5. The predicted molar refractivity (Wildman–Crippen MR) is 108 cm³/mol. The summed E-state index contributed by atoms with van der Waals surface area (Å²) in [5.74, 6) is -0.724. The maximum Gasteiger partial charge on any atom is 0.348 e. The second-order valence-corrected chi connectivity index (χ2v) is 6.37. The van der Waals surface area contributed by atoms with Crippen LogP contribution in [0.25, 0.3) is 0 Å². The summed E-state index contributed by atoms with van der Waals surface area (Å²) in [5, 5.41) is 0. The van der Waals surface area contributed by atoms with E-state index in [2.05, 4.69) is 0 Å². The standard InChI is InChI=1S/C24H22O5/c1-18(28-22(25)17-27-21-15-9-4-10-16-21)24(26)29-23(19-11-5-2-6-12-19)20-13-7-3-8-14-20/h2-16,18,23H,17H2,1H3/t18-/m1/s1. The van der Waals surface area contributed by atoms with E-state index in [9.17, 15) is 9.59 Å². The van der Waals surface area contributed by atoms with Gasteiger partial charge in [0.2, 0.25) is 0 Å². The minimum absolute atomic E-state index is 0.289. The molecule has 0 spiro atoms. The maximum absolute atomic E-state index is 12.6. The lowest BCUT2D eigenvalue weighted by Gasteiger charge is -2.21. The number of carbonyl (C=O) groups is 2. The highest BCUT2D eigenvalue weighted by Gasteiger charge is 2.25. The number of esters is 2. The third-order valence-electron chi connectivity index (χ3n) is 4.18. The monoisotopic (exact) mass is 390 g/mol. The van der Waals surface area contributed by atoms with Crippen LogP contribution < -0.4 is 4.74 Å². The molecule has 5 heteroatoms. The summed E-state index contributed by atoms with van der Waals surface area (Å²) in [6.07, 6.45) is -1.65. The molecule has 0 radical (unpaired) electrons. The molecule has 0 aromatic heterocycles. The van der Waals surface area contributed by atoms with Gasteiger partial charge >= 0.3 is 11.9 Å². The van der Waals surface area contributed by atoms with Gasteiger partial charge in [0, 0.05) is 0 Å². The highest BCUT2D eigenvalue weighted by atomic mass is 16.6. The van der Waals surface area contributed by atoms with Gasteiger partial charge in [0.05, 0.1) is 0 Å². The minimum atomic E-state index is -1.06. The number of ether oxygens (including phenoxy) is 3. The molecule has 3 rings (SSSR count). The van der Waals surface area contributed by atoms with E-state index in [0.29, 0.717) is 5.75 Å². The molecule has 1 atom stereocenters. The SMILES string of the molecule is C[C@@H](OC(=O)COc1ccccc1)C(=O)OC(c1ccccc1)c1ccccc1. The zero-order valence-electron chi connectivity index (χ0n) is 16.1. The van der Waals surface area contributed by atoms with Crippen molar-refractivity contribution in [3.05, 3.63) is 102 Å². The third-order valence-corrected chi connectivity index (χ3v) is 4.18. The molecule has 29 heavy (non-hydrogen) atoms. The van der Waals surface area contributed by atoms with Crippen molar-refractivity contribution in [3.8, 4) is 5.75 Å². The number of para-hydroxylation sites is 1. The van der Waals surface area contributed by atoms with E-state index in [0.717, 1.165) is 11.1 Å². The Bertz CT molecular complexity index is 870. The fourth-order valence-corrected chi connectivity index (χ4v) is 2.73. The van der Waals surface area contributed by atoms with Crippen molar-refractivity contribution in [2.75, 3.05) is 6.61 Å². The molecule has 0 aliphatic heterocycles. The summed E-state index contributed by atoms with van der Waals surface area (Å²) in [6.45, 7) is 1.19. The molecule has 0 amide bonds.